The van der Waals surface area contributed by atoms with Crippen molar-refractivity contribution in [2.45, 2.75) is 0 Å². The molecule has 0 spiro atoms. The van der Waals surface area contributed by atoms with Crippen molar-refractivity contribution in [2.24, 2.45) is 5.41 Å². The number of carbonyl (C=O) groups is 2. The van der Waals surface area contributed by atoms with Crippen LogP contribution in [0.1, 0.15) is 10.4 Å². The lowest BCUT2D eigenvalue weighted by molar-refractivity contribution is -0.169. The first-order chi connectivity index (χ1) is 8.51. The Balaban J connectivity index is 2.45. The Hall–Kier alpha value is -1.40. The van der Waals surface area contributed by atoms with Crippen LogP contribution in [0.3, 0.4) is 0 Å². The molecule has 18 heavy (non-hydrogen) atoms. The number of halogens is 1. The number of carboxylic acid groups (broad SMARTS) is 1. The van der Waals surface area contributed by atoms with Gasteiger partial charge in [0.25, 0.3) is 0 Å². The summed E-state index contributed by atoms with van der Waals surface area (Å²) in [5, 5.41) is 9.20. The third-order valence-electron chi connectivity index (χ3n) is 2.95. The van der Waals surface area contributed by atoms with Crippen LogP contribution >= 0.6 is 15.9 Å². The third kappa shape index (κ3) is 1.91. The van der Waals surface area contributed by atoms with Gasteiger partial charge in [-0.3, -0.25) is 9.59 Å². The first-order valence-corrected chi connectivity index (χ1v) is 6.00. The molecule has 1 aliphatic heterocycles. The highest BCUT2D eigenvalue weighted by Gasteiger charge is 2.53. The molecule has 2 rings (SSSR count). The largest absolute Gasteiger partial charge is 0.496 e. The van der Waals surface area contributed by atoms with Crippen LogP contribution < -0.4 is 4.74 Å². The maximum atomic E-state index is 12.4. The monoisotopic (exact) mass is 314 g/mol. The SMILES string of the molecule is COc1ccc(Br)cc1C(=O)C1(C(=O)O)COC1. The standard InChI is InChI=1S/C12H11BrO5/c1-17-9-3-2-7(13)4-8(9)10(14)12(11(15)16)5-18-6-12/h2-4H,5-6H2,1H3,(H,15,16). The van der Waals surface area contributed by atoms with Crippen molar-refractivity contribution < 1.29 is 24.2 Å². The Bertz CT molecular complexity index is 507. The van der Waals surface area contributed by atoms with Crippen LogP contribution in [0.2, 0.25) is 0 Å². The zero-order valence-electron chi connectivity index (χ0n) is 9.60. The average Bonchev–Trinajstić information content (AvgIpc) is 2.26. The van der Waals surface area contributed by atoms with Gasteiger partial charge in [0.05, 0.1) is 25.9 Å². The van der Waals surface area contributed by atoms with Crippen molar-refractivity contribution in [3.05, 3.63) is 28.2 Å². The van der Waals surface area contributed by atoms with E-state index in [1.807, 2.05) is 0 Å². The summed E-state index contributed by atoms with van der Waals surface area (Å²) in [5.74, 6) is -1.30. The second-order valence-electron chi connectivity index (χ2n) is 4.05. The van der Waals surface area contributed by atoms with Gasteiger partial charge in [0, 0.05) is 4.47 Å². The van der Waals surface area contributed by atoms with E-state index in [0.717, 1.165) is 0 Å². The van der Waals surface area contributed by atoms with Gasteiger partial charge in [0.2, 0.25) is 0 Å². The minimum Gasteiger partial charge on any atom is -0.496 e. The lowest BCUT2D eigenvalue weighted by Crippen LogP contribution is -2.54. The zero-order chi connectivity index (χ0) is 13.3. The molecule has 1 saturated heterocycles. The van der Waals surface area contributed by atoms with E-state index < -0.39 is 17.2 Å². The quantitative estimate of drug-likeness (QED) is 0.677. The number of Topliss-reactive ketones (excluding diaryl/α,β-unsaturated/α-hetero) is 1. The van der Waals surface area contributed by atoms with E-state index in [9.17, 15) is 14.7 Å². The highest BCUT2D eigenvalue weighted by Crippen LogP contribution is 2.36. The van der Waals surface area contributed by atoms with Gasteiger partial charge in [-0.1, -0.05) is 15.9 Å². The van der Waals surface area contributed by atoms with Gasteiger partial charge < -0.3 is 14.6 Å². The molecular formula is C12H11BrO5. The predicted octanol–water partition coefficient (Wildman–Crippen LogP) is 1.74. The van der Waals surface area contributed by atoms with E-state index in [1.165, 1.54) is 7.11 Å². The predicted molar refractivity (Wildman–Crippen MR) is 65.9 cm³/mol. The molecule has 96 valence electrons. The number of hydrogen-bond donors (Lipinski definition) is 1. The van der Waals surface area contributed by atoms with E-state index >= 15 is 0 Å². The van der Waals surface area contributed by atoms with Crippen molar-refractivity contribution >= 4 is 27.7 Å². The summed E-state index contributed by atoms with van der Waals surface area (Å²) in [7, 11) is 1.44. The molecule has 0 saturated carbocycles. The number of rotatable bonds is 4. The first-order valence-electron chi connectivity index (χ1n) is 5.21. The summed E-state index contributed by atoms with van der Waals surface area (Å²) >= 11 is 3.25. The second kappa shape index (κ2) is 4.70. The van der Waals surface area contributed by atoms with Crippen LogP contribution in [0.5, 0.6) is 5.75 Å². The van der Waals surface area contributed by atoms with Gasteiger partial charge in [-0.05, 0) is 18.2 Å². The Morgan fingerprint density at radius 3 is 2.56 bits per heavy atom. The molecule has 5 nitrogen and oxygen atoms in total. The Morgan fingerprint density at radius 2 is 2.11 bits per heavy atom. The smallest absolute Gasteiger partial charge is 0.322 e. The molecule has 0 amide bonds. The fourth-order valence-electron chi connectivity index (χ4n) is 1.77. The van der Waals surface area contributed by atoms with Crippen molar-refractivity contribution in [2.75, 3.05) is 20.3 Å². The molecule has 0 unspecified atom stereocenters. The van der Waals surface area contributed by atoms with Gasteiger partial charge in [0.15, 0.2) is 11.2 Å². The third-order valence-corrected chi connectivity index (χ3v) is 3.44. The summed E-state index contributed by atoms with van der Waals surface area (Å²) in [6, 6.07) is 4.90. The van der Waals surface area contributed by atoms with E-state index in [-0.39, 0.29) is 18.8 Å². The molecule has 1 aromatic carbocycles. The summed E-state index contributed by atoms with van der Waals surface area (Å²) in [6.07, 6.45) is 0. The number of carbonyl (C=O) groups excluding carboxylic acids is 1. The summed E-state index contributed by atoms with van der Waals surface area (Å²) < 4.78 is 10.7. The van der Waals surface area contributed by atoms with Crippen LogP contribution in [0, 0.1) is 5.41 Å². The molecule has 0 atom stereocenters. The first kappa shape index (κ1) is 13.0. The van der Waals surface area contributed by atoms with Gasteiger partial charge in [0.1, 0.15) is 5.75 Å². The van der Waals surface area contributed by atoms with E-state index in [4.69, 9.17) is 9.47 Å². The molecule has 6 heteroatoms. The molecule has 0 radical (unpaired) electrons. The van der Waals surface area contributed by atoms with Gasteiger partial charge >= 0.3 is 5.97 Å². The summed E-state index contributed by atoms with van der Waals surface area (Å²) in [6.45, 7) is -0.201. The van der Waals surface area contributed by atoms with E-state index in [1.54, 1.807) is 18.2 Å². The van der Waals surface area contributed by atoms with Crippen LogP contribution in [0.25, 0.3) is 0 Å². The summed E-state index contributed by atoms with van der Waals surface area (Å²) in [5.41, 5.74) is -1.23. The highest BCUT2D eigenvalue weighted by atomic mass is 79.9. The lowest BCUT2D eigenvalue weighted by atomic mass is 9.78. The van der Waals surface area contributed by atoms with Crippen LogP contribution in [-0.4, -0.2) is 37.2 Å². The van der Waals surface area contributed by atoms with Crippen molar-refractivity contribution in [3.8, 4) is 5.75 Å². The molecule has 0 aliphatic carbocycles. The molecular weight excluding hydrogens is 304 g/mol. The second-order valence-corrected chi connectivity index (χ2v) is 4.97. The molecule has 1 heterocycles. The Kier molecular flexibility index (Phi) is 3.41. The number of aliphatic carboxylic acids is 1. The van der Waals surface area contributed by atoms with Crippen molar-refractivity contribution in [1.29, 1.82) is 0 Å². The fraction of sp³-hybridized carbons (Fsp3) is 0.333. The molecule has 1 fully saturated rings. The fourth-order valence-corrected chi connectivity index (χ4v) is 2.13. The van der Waals surface area contributed by atoms with Gasteiger partial charge in [-0.2, -0.15) is 0 Å². The average molecular weight is 315 g/mol. The number of hydrogen-bond acceptors (Lipinski definition) is 4. The maximum Gasteiger partial charge on any atom is 0.322 e. The van der Waals surface area contributed by atoms with Crippen LogP contribution in [-0.2, 0) is 9.53 Å². The molecule has 1 aromatic rings. The highest BCUT2D eigenvalue weighted by molar-refractivity contribution is 9.10. The number of ketones is 1. The van der Waals surface area contributed by atoms with E-state index in [2.05, 4.69) is 15.9 Å². The number of carboxylic acids is 1. The normalized spacial score (nSPS) is 16.8. The van der Waals surface area contributed by atoms with Crippen LogP contribution in [0.4, 0.5) is 0 Å². The number of methoxy groups -OCH3 is 1. The van der Waals surface area contributed by atoms with Gasteiger partial charge in [-0.15, -0.1) is 0 Å². The number of benzene rings is 1. The van der Waals surface area contributed by atoms with Crippen molar-refractivity contribution in [3.63, 3.8) is 0 Å². The zero-order valence-corrected chi connectivity index (χ0v) is 11.2. The van der Waals surface area contributed by atoms with E-state index in [0.29, 0.717) is 10.2 Å². The summed E-state index contributed by atoms with van der Waals surface area (Å²) in [4.78, 5) is 23.6. The minimum absolute atomic E-state index is 0.100. The Labute approximate surface area is 112 Å². The Morgan fingerprint density at radius 1 is 1.44 bits per heavy atom. The number of ether oxygens (including phenoxy) is 2. The molecule has 1 aliphatic rings. The van der Waals surface area contributed by atoms with Gasteiger partial charge in [-0.25, -0.2) is 0 Å². The van der Waals surface area contributed by atoms with Crippen molar-refractivity contribution in [1.82, 2.24) is 0 Å². The molecule has 1 N–H and O–H groups in total. The molecule has 0 bridgehead atoms. The lowest BCUT2D eigenvalue weighted by Gasteiger charge is -2.35. The topological polar surface area (TPSA) is 72.8 Å². The molecule has 0 aromatic heterocycles. The minimum atomic E-state index is -1.48. The van der Waals surface area contributed by atoms with Crippen LogP contribution in [0.15, 0.2) is 22.7 Å². The maximum absolute atomic E-state index is 12.4.